The van der Waals surface area contributed by atoms with E-state index in [4.69, 9.17) is 5.11 Å². The second kappa shape index (κ2) is 7.33. The second-order valence-electron chi connectivity index (χ2n) is 11.2. The minimum Gasteiger partial charge on any atom is -0.481 e. The highest BCUT2D eigenvalue weighted by atomic mass is 16.4. The fourth-order valence-electron chi connectivity index (χ4n) is 8.50. The Morgan fingerprint density at radius 3 is 2.59 bits per heavy atom. The third kappa shape index (κ3) is 3.18. The van der Waals surface area contributed by atoms with Crippen molar-refractivity contribution in [2.45, 2.75) is 90.8 Å². The van der Waals surface area contributed by atoms with Crippen LogP contribution in [0.4, 0.5) is 0 Å². The summed E-state index contributed by atoms with van der Waals surface area (Å²) in [6, 6.07) is 0. The Hall–Kier alpha value is -0.940. The Morgan fingerprint density at radius 1 is 1.17 bits per heavy atom. The lowest BCUT2D eigenvalue weighted by Gasteiger charge is -2.63. The van der Waals surface area contributed by atoms with Crippen LogP contribution in [-0.4, -0.2) is 39.3 Å². The second-order valence-corrected chi connectivity index (χ2v) is 11.2. The zero-order valence-corrected chi connectivity index (χ0v) is 18.1. The lowest BCUT2D eigenvalue weighted by Crippen LogP contribution is -2.62. The van der Waals surface area contributed by atoms with E-state index >= 15 is 0 Å². The van der Waals surface area contributed by atoms with Gasteiger partial charge in [-0.2, -0.15) is 0 Å². The average Bonchev–Trinajstić information content (AvgIpc) is 3.01. The van der Waals surface area contributed by atoms with Gasteiger partial charge in [-0.3, -0.25) is 9.59 Å². The van der Waals surface area contributed by atoms with Crippen LogP contribution >= 0.6 is 0 Å². The molecule has 0 unspecified atom stereocenters. The summed E-state index contributed by atoms with van der Waals surface area (Å²) >= 11 is 0. The topological polar surface area (TPSA) is 94.8 Å². The Labute approximate surface area is 174 Å². The molecule has 10 atom stereocenters. The monoisotopic (exact) mass is 406 g/mol. The van der Waals surface area contributed by atoms with Gasteiger partial charge in [0.05, 0.1) is 12.2 Å². The van der Waals surface area contributed by atoms with Crippen LogP contribution in [0.15, 0.2) is 0 Å². The molecule has 0 heterocycles. The summed E-state index contributed by atoms with van der Waals surface area (Å²) in [5.74, 6) is 1.10. The summed E-state index contributed by atoms with van der Waals surface area (Å²) in [7, 11) is 0. The van der Waals surface area contributed by atoms with Gasteiger partial charge in [-0.1, -0.05) is 20.8 Å². The molecule has 4 aliphatic carbocycles. The Kier molecular flexibility index (Phi) is 5.39. The number of aliphatic carboxylic acids is 1. The molecule has 4 saturated carbocycles. The van der Waals surface area contributed by atoms with E-state index < -0.39 is 18.2 Å². The number of carboxylic acid groups (broad SMARTS) is 1. The highest BCUT2D eigenvalue weighted by Crippen LogP contribution is 2.68. The smallest absolute Gasteiger partial charge is 0.303 e. The molecule has 5 nitrogen and oxygen atoms in total. The summed E-state index contributed by atoms with van der Waals surface area (Å²) in [5, 5.41) is 31.8. The SMILES string of the molecule is C[C@H](CCC(=O)O)[C@H]1CC[C@H]2[C@@H]3[C@H](O)C[C@H]4CC(=O)CC[C@]4(C)[C@H]3C[C@H](O)[C@]12C. The molecule has 0 amide bonds. The van der Waals surface area contributed by atoms with E-state index in [-0.39, 0.29) is 46.8 Å². The predicted molar refractivity (Wildman–Crippen MR) is 109 cm³/mol. The molecule has 0 aromatic heterocycles. The van der Waals surface area contributed by atoms with Crippen LogP contribution in [0, 0.1) is 46.3 Å². The Balaban J connectivity index is 1.61. The van der Waals surface area contributed by atoms with Gasteiger partial charge < -0.3 is 15.3 Å². The van der Waals surface area contributed by atoms with Crippen molar-refractivity contribution in [1.29, 1.82) is 0 Å². The lowest BCUT2D eigenvalue weighted by molar-refractivity contribution is -0.201. The van der Waals surface area contributed by atoms with Gasteiger partial charge in [0.25, 0.3) is 0 Å². The molecule has 0 aromatic rings. The van der Waals surface area contributed by atoms with E-state index in [1.165, 1.54) is 0 Å². The summed E-state index contributed by atoms with van der Waals surface area (Å²) in [4.78, 5) is 23.1. The summed E-state index contributed by atoms with van der Waals surface area (Å²) in [6.45, 7) is 6.66. The van der Waals surface area contributed by atoms with E-state index in [0.717, 1.165) is 19.3 Å². The number of aliphatic hydroxyl groups is 2. The van der Waals surface area contributed by atoms with Crippen LogP contribution in [0.5, 0.6) is 0 Å². The first-order valence-electron chi connectivity index (χ1n) is 11.7. The number of aliphatic hydroxyl groups excluding tert-OH is 2. The van der Waals surface area contributed by atoms with Gasteiger partial charge in [-0.25, -0.2) is 0 Å². The first-order valence-corrected chi connectivity index (χ1v) is 11.7. The van der Waals surface area contributed by atoms with Gasteiger partial charge in [0.15, 0.2) is 0 Å². The maximum Gasteiger partial charge on any atom is 0.303 e. The van der Waals surface area contributed by atoms with Crippen LogP contribution in [-0.2, 0) is 9.59 Å². The van der Waals surface area contributed by atoms with E-state index in [1.807, 2.05) is 0 Å². The molecule has 164 valence electrons. The zero-order valence-electron chi connectivity index (χ0n) is 18.1. The number of hydrogen-bond acceptors (Lipinski definition) is 4. The standard InChI is InChI=1S/C24H38O5/c1-13(4-7-21(28)29)16-5-6-17-22-18(12-20(27)24(16,17)3)23(2)9-8-15(25)10-14(23)11-19(22)26/h13-14,16-20,22,26-27H,4-12H2,1-3H3,(H,28,29)/t13-,14-,16-,17+,18+,19-,20+,22+,23+,24-/m1/s1. The van der Waals surface area contributed by atoms with E-state index in [2.05, 4.69) is 20.8 Å². The first-order chi connectivity index (χ1) is 13.6. The van der Waals surface area contributed by atoms with Crippen LogP contribution in [0.2, 0.25) is 0 Å². The molecule has 29 heavy (non-hydrogen) atoms. The molecule has 0 bridgehead atoms. The molecule has 4 fully saturated rings. The molecule has 4 rings (SSSR count). The van der Waals surface area contributed by atoms with E-state index in [0.29, 0.717) is 43.8 Å². The van der Waals surface area contributed by atoms with Crippen molar-refractivity contribution in [1.82, 2.24) is 0 Å². The highest BCUT2D eigenvalue weighted by Gasteiger charge is 2.65. The fourth-order valence-corrected chi connectivity index (χ4v) is 8.50. The van der Waals surface area contributed by atoms with Crippen molar-refractivity contribution in [2.75, 3.05) is 0 Å². The molecule has 5 heteroatoms. The summed E-state index contributed by atoms with van der Waals surface area (Å²) < 4.78 is 0. The molecular formula is C24H38O5. The third-order valence-corrected chi connectivity index (χ3v) is 10.2. The van der Waals surface area contributed by atoms with Crippen LogP contribution in [0.3, 0.4) is 0 Å². The Morgan fingerprint density at radius 2 is 1.90 bits per heavy atom. The predicted octanol–water partition coefficient (Wildman–Crippen LogP) is 3.66. The highest BCUT2D eigenvalue weighted by molar-refractivity contribution is 5.79. The zero-order chi connectivity index (χ0) is 21.1. The number of ketones is 1. The largest absolute Gasteiger partial charge is 0.481 e. The quantitative estimate of drug-likeness (QED) is 0.662. The Bertz CT molecular complexity index is 676. The van der Waals surface area contributed by atoms with Crippen molar-refractivity contribution in [3.63, 3.8) is 0 Å². The van der Waals surface area contributed by atoms with E-state index in [1.54, 1.807) is 0 Å². The number of hydrogen-bond donors (Lipinski definition) is 3. The maximum atomic E-state index is 12.1. The van der Waals surface area contributed by atoms with Gasteiger partial charge >= 0.3 is 5.97 Å². The molecule has 0 aromatic carbocycles. The van der Waals surface area contributed by atoms with Gasteiger partial charge in [0.2, 0.25) is 0 Å². The van der Waals surface area contributed by atoms with Crippen molar-refractivity contribution in [3.05, 3.63) is 0 Å². The molecule has 0 spiro atoms. The molecular weight excluding hydrogens is 368 g/mol. The number of Topliss-reactive ketones (excluding diaryl/α,β-unsaturated/α-hetero) is 1. The minimum absolute atomic E-state index is 0.0348. The molecule has 0 saturated heterocycles. The maximum absolute atomic E-state index is 12.1. The van der Waals surface area contributed by atoms with Gasteiger partial charge in [0.1, 0.15) is 5.78 Å². The van der Waals surface area contributed by atoms with Crippen molar-refractivity contribution in [3.8, 4) is 0 Å². The first kappa shape index (κ1) is 21.3. The fraction of sp³-hybridized carbons (Fsp3) is 0.917. The van der Waals surface area contributed by atoms with Crippen LogP contribution < -0.4 is 0 Å². The van der Waals surface area contributed by atoms with Gasteiger partial charge in [0, 0.05) is 19.3 Å². The average molecular weight is 407 g/mol. The normalized spacial score (nSPS) is 50.4. The number of carbonyl (C=O) groups excluding carboxylic acids is 1. The molecule has 0 radical (unpaired) electrons. The summed E-state index contributed by atoms with van der Waals surface area (Å²) in [6.07, 6.45) is 5.56. The number of carboxylic acids is 1. The van der Waals surface area contributed by atoms with Gasteiger partial charge in [-0.15, -0.1) is 0 Å². The van der Waals surface area contributed by atoms with Gasteiger partial charge in [-0.05, 0) is 84.9 Å². The summed E-state index contributed by atoms with van der Waals surface area (Å²) in [5.41, 5.74) is -0.221. The van der Waals surface area contributed by atoms with Crippen molar-refractivity contribution < 1.29 is 24.9 Å². The minimum atomic E-state index is -0.755. The third-order valence-electron chi connectivity index (χ3n) is 10.2. The molecule has 4 aliphatic rings. The number of fused-ring (bicyclic) bond motifs is 5. The number of rotatable bonds is 4. The number of carbonyl (C=O) groups is 2. The van der Waals surface area contributed by atoms with Crippen LogP contribution in [0.1, 0.15) is 78.6 Å². The van der Waals surface area contributed by atoms with Crippen molar-refractivity contribution >= 4 is 11.8 Å². The van der Waals surface area contributed by atoms with E-state index in [9.17, 15) is 19.8 Å². The molecule has 3 N–H and O–H groups in total. The van der Waals surface area contributed by atoms with Crippen LogP contribution in [0.25, 0.3) is 0 Å². The molecule has 0 aliphatic heterocycles. The van der Waals surface area contributed by atoms with Crippen molar-refractivity contribution in [2.24, 2.45) is 46.3 Å². The lowest BCUT2D eigenvalue weighted by atomic mass is 9.43.